The predicted octanol–water partition coefficient (Wildman–Crippen LogP) is 4.97. The first-order chi connectivity index (χ1) is 14.9. The standard InChI is InChI=1S/C18H34O3.C6H8O4/c1-2-3-4-11-14-17(19)15-12-9-7-5-6-8-10-13-16-18(20)21;1-9-5(7)3-4-6(8)10-2/h9,12,17,19H,2-8,10-11,13-16H2,1H3,(H,20,21);3-4H,1-2H3/b12-9-;4-3-/t17-;/m1./s1. The van der Waals surface area contributed by atoms with Crippen LogP contribution >= 0.6 is 0 Å². The molecule has 0 spiro atoms. The van der Waals surface area contributed by atoms with Crippen LogP contribution in [0.25, 0.3) is 0 Å². The van der Waals surface area contributed by atoms with Gasteiger partial charge in [0.1, 0.15) is 0 Å². The highest BCUT2D eigenvalue weighted by molar-refractivity contribution is 5.91. The van der Waals surface area contributed by atoms with Crippen molar-refractivity contribution < 1.29 is 34.1 Å². The van der Waals surface area contributed by atoms with Crippen molar-refractivity contribution in [1.29, 1.82) is 0 Å². The lowest BCUT2D eigenvalue weighted by Gasteiger charge is -2.07. The summed E-state index contributed by atoms with van der Waals surface area (Å²) < 4.78 is 8.42. The van der Waals surface area contributed by atoms with Gasteiger partial charge in [-0.15, -0.1) is 0 Å². The minimum atomic E-state index is -0.689. The summed E-state index contributed by atoms with van der Waals surface area (Å²) in [6.07, 6.45) is 19.3. The Morgan fingerprint density at radius 1 is 0.806 bits per heavy atom. The minimum Gasteiger partial charge on any atom is -0.481 e. The molecule has 0 aromatic heterocycles. The van der Waals surface area contributed by atoms with E-state index in [0.717, 1.165) is 63.5 Å². The monoisotopic (exact) mass is 442 g/mol. The van der Waals surface area contributed by atoms with Gasteiger partial charge in [-0.05, 0) is 32.1 Å². The van der Waals surface area contributed by atoms with Crippen LogP contribution in [0, 0.1) is 0 Å². The van der Waals surface area contributed by atoms with E-state index in [4.69, 9.17) is 5.11 Å². The first kappa shape index (κ1) is 31.0. The molecule has 0 bridgehead atoms. The van der Waals surface area contributed by atoms with E-state index < -0.39 is 17.9 Å². The molecule has 0 aliphatic rings. The van der Waals surface area contributed by atoms with E-state index in [1.807, 2.05) is 0 Å². The highest BCUT2D eigenvalue weighted by Crippen LogP contribution is 2.10. The van der Waals surface area contributed by atoms with Gasteiger partial charge >= 0.3 is 17.9 Å². The van der Waals surface area contributed by atoms with E-state index in [1.54, 1.807) is 0 Å². The molecule has 1 atom stereocenters. The average Bonchev–Trinajstić information content (AvgIpc) is 2.76. The van der Waals surface area contributed by atoms with Gasteiger partial charge in [0.05, 0.1) is 20.3 Å². The molecule has 180 valence electrons. The van der Waals surface area contributed by atoms with Crippen LogP contribution in [-0.2, 0) is 23.9 Å². The summed E-state index contributed by atoms with van der Waals surface area (Å²) in [6, 6.07) is 0. The number of carbonyl (C=O) groups excluding carboxylic acids is 2. The zero-order valence-corrected chi connectivity index (χ0v) is 19.5. The van der Waals surface area contributed by atoms with E-state index >= 15 is 0 Å². The van der Waals surface area contributed by atoms with Gasteiger partial charge in [0.2, 0.25) is 0 Å². The van der Waals surface area contributed by atoms with Gasteiger partial charge in [0.25, 0.3) is 0 Å². The zero-order chi connectivity index (χ0) is 23.7. The molecule has 0 radical (unpaired) electrons. The number of hydrogen-bond acceptors (Lipinski definition) is 6. The van der Waals surface area contributed by atoms with Crippen molar-refractivity contribution in [3.05, 3.63) is 24.3 Å². The van der Waals surface area contributed by atoms with Gasteiger partial charge in [0, 0.05) is 18.6 Å². The fourth-order valence-electron chi connectivity index (χ4n) is 2.64. The van der Waals surface area contributed by atoms with Gasteiger partial charge in [0.15, 0.2) is 0 Å². The number of carbonyl (C=O) groups is 3. The van der Waals surface area contributed by atoms with Crippen LogP contribution in [0.5, 0.6) is 0 Å². The Morgan fingerprint density at radius 2 is 1.35 bits per heavy atom. The van der Waals surface area contributed by atoms with Gasteiger partial charge in [-0.3, -0.25) is 4.79 Å². The highest BCUT2D eigenvalue weighted by atomic mass is 16.5. The van der Waals surface area contributed by atoms with Crippen molar-refractivity contribution in [2.24, 2.45) is 0 Å². The third-order valence-electron chi connectivity index (χ3n) is 4.49. The van der Waals surface area contributed by atoms with Crippen LogP contribution < -0.4 is 0 Å². The maximum absolute atomic E-state index is 10.3. The Bertz CT molecular complexity index is 494. The second-order valence-electron chi connectivity index (χ2n) is 7.29. The Labute approximate surface area is 187 Å². The van der Waals surface area contributed by atoms with Gasteiger partial charge in [-0.25, -0.2) is 9.59 Å². The van der Waals surface area contributed by atoms with Crippen molar-refractivity contribution >= 4 is 17.9 Å². The third-order valence-corrected chi connectivity index (χ3v) is 4.49. The van der Waals surface area contributed by atoms with Gasteiger partial charge < -0.3 is 19.7 Å². The summed E-state index contributed by atoms with van der Waals surface area (Å²) in [5, 5.41) is 18.3. The lowest BCUT2D eigenvalue weighted by molar-refractivity contribution is -0.137. The van der Waals surface area contributed by atoms with Crippen molar-refractivity contribution in [2.45, 2.75) is 96.5 Å². The topological polar surface area (TPSA) is 110 Å². The molecule has 0 heterocycles. The maximum atomic E-state index is 10.3. The van der Waals surface area contributed by atoms with Crippen LogP contribution in [0.1, 0.15) is 90.4 Å². The van der Waals surface area contributed by atoms with E-state index in [9.17, 15) is 19.5 Å². The summed E-state index contributed by atoms with van der Waals surface area (Å²) in [5.74, 6) is -1.85. The van der Waals surface area contributed by atoms with Crippen LogP contribution in [0.4, 0.5) is 0 Å². The first-order valence-electron chi connectivity index (χ1n) is 11.3. The number of carboxylic acid groups (broad SMARTS) is 1. The molecular weight excluding hydrogens is 400 g/mol. The molecule has 0 rings (SSSR count). The molecule has 0 fully saturated rings. The van der Waals surface area contributed by atoms with Crippen LogP contribution in [0.2, 0.25) is 0 Å². The van der Waals surface area contributed by atoms with E-state index in [1.165, 1.54) is 39.9 Å². The second-order valence-corrected chi connectivity index (χ2v) is 7.29. The molecule has 31 heavy (non-hydrogen) atoms. The van der Waals surface area contributed by atoms with Gasteiger partial charge in [-0.1, -0.05) is 64.0 Å². The molecule has 0 saturated heterocycles. The van der Waals surface area contributed by atoms with Crippen molar-refractivity contribution in [1.82, 2.24) is 0 Å². The molecule has 0 aliphatic heterocycles. The smallest absolute Gasteiger partial charge is 0.330 e. The highest BCUT2D eigenvalue weighted by Gasteiger charge is 2.00. The van der Waals surface area contributed by atoms with Crippen LogP contribution in [0.15, 0.2) is 24.3 Å². The molecule has 7 nitrogen and oxygen atoms in total. The number of allylic oxidation sites excluding steroid dienone is 1. The van der Waals surface area contributed by atoms with E-state index in [-0.39, 0.29) is 6.10 Å². The van der Waals surface area contributed by atoms with E-state index in [0.29, 0.717) is 6.42 Å². The number of aliphatic carboxylic acids is 1. The van der Waals surface area contributed by atoms with E-state index in [2.05, 4.69) is 28.5 Å². The number of aliphatic hydroxyl groups excluding tert-OH is 1. The fraction of sp³-hybridized carbons (Fsp3) is 0.708. The number of aliphatic hydroxyl groups is 1. The van der Waals surface area contributed by atoms with Crippen LogP contribution in [0.3, 0.4) is 0 Å². The Kier molecular flexibility index (Phi) is 24.2. The normalized spacial score (nSPS) is 11.7. The average molecular weight is 443 g/mol. The van der Waals surface area contributed by atoms with Crippen molar-refractivity contribution in [3.8, 4) is 0 Å². The molecule has 2 N–H and O–H groups in total. The number of carboxylic acids is 1. The molecule has 0 amide bonds. The fourth-order valence-corrected chi connectivity index (χ4v) is 2.64. The number of esters is 2. The molecule has 0 aliphatic carbocycles. The molecular formula is C24H42O7. The SMILES string of the molecule is CCCCCC[C@@H](O)C/C=C\CCCCCCCC(=O)O.COC(=O)/C=C\C(=O)OC. The molecule has 7 heteroatoms. The first-order valence-corrected chi connectivity index (χ1v) is 11.3. The molecule has 0 saturated carbocycles. The van der Waals surface area contributed by atoms with Crippen molar-refractivity contribution in [3.63, 3.8) is 0 Å². The largest absolute Gasteiger partial charge is 0.481 e. The van der Waals surface area contributed by atoms with Gasteiger partial charge in [-0.2, -0.15) is 0 Å². The summed E-state index contributed by atoms with van der Waals surface area (Å²) >= 11 is 0. The summed E-state index contributed by atoms with van der Waals surface area (Å²) in [6.45, 7) is 2.20. The minimum absolute atomic E-state index is 0.172. The number of hydrogen-bond donors (Lipinski definition) is 2. The summed E-state index contributed by atoms with van der Waals surface area (Å²) in [4.78, 5) is 31.0. The second kappa shape index (κ2) is 24.1. The van der Waals surface area contributed by atoms with Crippen LogP contribution in [-0.4, -0.2) is 48.4 Å². The number of methoxy groups -OCH3 is 2. The quantitative estimate of drug-likeness (QED) is 0.142. The molecule has 0 aromatic carbocycles. The lowest BCUT2D eigenvalue weighted by Crippen LogP contribution is -2.04. The number of rotatable bonds is 17. The Balaban J connectivity index is 0. The molecule has 0 aromatic rings. The molecule has 0 unspecified atom stereocenters. The zero-order valence-electron chi connectivity index (χ0n) is 19.5. The van der Waals surface area contributed by atoms with Crippen molar-refractivity contribution in [2.75, 3.05) is 14.2 Å². The summed E-state index contributed by atoms with van der Waals surface area (Å²) in [5.41, 5.74) is 0. The Hall–Kier alpha value is -2.15. The Morgan fingerprint density at radius 3 is 1.90 bits per heavy atom. The third kappa shape index (κ3) is 27.9. The lowest BCUT2D eigenvalue weighted by atomic mass is 10.1. The maximum Gasteiger partial charge on any atom is 0.330 e. The number of ether oxygens (including phenoxy) is 2. The number of unbranched alkanes of at least 4 members (excludes halogenated alkanes) is 8. The predicted molar refractivity (Wildman–Crippen MR) is 122 cm³/mol. The summed E-state index contributed by atoms with van der Waals surface area (Å²) in [7, 11) is 2.45.